The number of hydrogen-bond donors (Lipinski definition) is 0. The average molecular weight is 315 g/mol. The van der Waals surface area contributed by atoms with Crippen LogP contribution in [0.5, 0.6) is 0 Å². The van der Waals surface area contributed by atoms with Crippen LogP contribution in [0.3, 0.4) is 0 Å². The van der Waals surface area contributed by atoms with E-state index in [-0.39, 0.29) is 10.8 Å². The lowest BCUT2D eigenvalue weighted by atomic mass is 10.1. The first-order valence-electron chi connectivity index (χ1n) is 5.67. The molecule has 4 heteroatoms. The van der Waals surface area contributed by atoms with Gasteiger partial charge in [0, 0.05) is 10.6 Å². The Morgan fingerprint density at radius 1 is 1.47 bits per heavy atom. The first kappa shape index (κ1) is 13.0. The Balaban J connectivity index is 1.93. The van der Waals surface area contributed by atoms with E-state index in [1.807, 2.05) is 0 Å². The van der Waals surface area contributed by atoms with Crippen molar-refractivity contribution in [2.75, 3.05) is 12.9 Å². The van der Waals surface area contributed by atoms with E-state index in [4.69, 9.17) is 0 Å². The van der Waals surface area contributed by atoms with Gasteiger partial charge >= 0.3 is 5.97 Å². The minimum Gasteiger partial charge on any atom is -0.468 e. The number of rotatable bonds is 4. The third-order valence-corrected chi connectivity index (χ3v) is 5.14. The number of carbonyl (C=O) groups excluding carboxylic acids is 1. The Morgan fingerprint density at radius 2 is 2.24 bits per heavy atom. The zero-order chi connectivity index (χ0) is 12.3. The Kier molecular flexibility index (Phi) is 4.51. The lowest BCUT2D eigenvalue weighted by Gasteiger charge is -2.08. The summed E-state index contributed by atoms with van der Waals surface area (Å²) in [7, 11) is 1.41. The van der Waals surface area contributed by atoms with Crippen molar-refractivity contribution >= 4 is 33.7 Å². The lowest BCUT2D eigenvalue weighted by molar-refractivity contribution is -0.139. The molecule has 0 bridgehead atoms. The maximum absolute atomic E-state index is 11.2. The first-order chi connectivity index (χ1) is 8.20. The predicted octanol–water partition coefficient (Wildman–Crippen LogP) is 3.20. The van der Waals surface area contributed by atoms with Gasteiger partial charge in [-0.15, -0.1) is 11.8 Å². The van der Waals surface area contributed by atoms with Gasteiger partial charge in [-0.25, -0.2) is 0 Å². The van der Waals surface area contributed by atoms with Crippen molar-refractivity contribution in [2.24, 2.45) is 0 Å². The van der Waals surface area contributed by atoms with E-state index in [9.17, 15) is 4.79 Å². The highest BCUT2D eigenvalue weighted by atomic mass is 79.9. The molecule has 2 nitrogen and oxygen atoms in total. The van der Waals surface area contributed by atoms with Crippen LogP contribution in [0.15, 0.2) is 23.1 Å². The van der Waals surface area contributed by atoms with Gasteiger partial charge < -0.3 is 4.74 Å². The van der Waals surface area contributed by atoms with Crippen molar-refractivity contribution in [1.29, 1.82) is 0 Å². The molecule has 0 aliphatic heterocycles. The number of fused-ring (bicyclic) bond motifs is 1. The smallest absolute Gasteiger partial charge is 0.320 e. The van der Waals surface area contributed by atoms with Crippen LogP contribution in [-0.4, -0.2) is 23.7 Å². The van der Waals surface area contributed by atoms with E-state index in [0.29, 0.717) is 5.75 Å². The summed E-state index contributed by atoms with van der Waals surface area (Å²) in [4.78, 5) is 12.2. The summed E-state index contributed by atoms with van der Waals surface area (Å²) in [6.45, 7) is 0. The van der Waals surface area contributed by atoms with Crippen molar-refractivity contribution in [3.63, 3.8) is 0 Å². The number of methoxy groups -OCH3 is 1. The molecule has 0 spiro atoms. The Bertz CT molecular complexity index is 420. The lowest BCUT2D eigenvalue weighted by Crippen LogP contribution is -2.17. The molecule has 1 aliphatic rings. The maximum atomic E-state index is 11.2. The fraction of sp³-hybridized carbons (Fsp3) is 0.462. The Labute approximate surface area is 114 Å². The standard InChI is InChI=1S/C13H15BrO2S/c1-16-13(15)12(14)8-17-11-6-5-9-3-2-4-10(9)7-11/h5-7,12H,2-4,8H2,1H3. The highest BCUT2D eigenvalue weighted by Crippen LogP contribution is 2.28. The monoisotopic (exact) mass is 314 g/mol. The van der Waals surface area contributed by atoms with E-state index in [1.165, 1.54) is 42.4 Å². The molecule has 0 aromatic heterocycles. The van der Waals surface area contributed by atoms with Crippen LogP contribution >= 0.6 is 27.7 Å². The molecular formula is C13H15BrO2S. The number of alkyl halides is 1. The Morgan fingerprint density at radius 3 is 3.00 bits per heavy atom. The molecule has 1 aromatic carbocycles. The van der Waals surface area contributed by atoms with Crippen LogP contribution < -0.4 is 0 Å². The fourth-order valence-corrected chi connectivity index (χ4v) is 3.45. The molecule has 0 fully saturated rings. The summed E-state index contributed by atoms with van der Waals surface area (Å²) >= 11 is 5.02. The van der Waals surface area contributed by atoms with Crippen molar-refractivity contribution in [3.8, 4) is 0 Å². The molecule has 0 saturated carbocycles. The summed E-state index contributed by atoms with van der Waals surface area (Å²) in [5, 5.41) is 0. The van der Waals surface area contributed by atoms with E-state index in [2.05, 4.69) is 38.9 Å². The molecule has 17 heavy (non-hydrogen) atoms. The van der Waals surface area contributed by atoms with Crippen LogP contribution in [-0.2, 0) is 22.4 Å². The molecule has 1 unspecified atom stereocenters. The highest BCUT2D eigenvalue weighted by Gasteiger charge is 2.16. The van der Waals surface area contributed by atoms with E-state index >= 15 is 0 Å². The molecule has 0 radical (unpaired) electrons. The van der Waals surface area contributed by atoms with Crippen LogP contribution in [0.25, 0.3) is 0 Å². The molecule has 1 aliphatic carbocycles. The number of carbonyl (C=O) groups is 1. The van der Waals surface area contributed by atoms with Gasteiger partial charge in [0.15, 0.2) is 0 Å². The van der Waals surface area contributed by atoms with Crippen LogP contribution in [0.4, 0.5) is 0 Å². The van der Waals surface area contributed by atoms with Crippen molar-refractivity contribution in [2.45, 2.75) is 29.0 Å². The second-order valence-corrected chi connectivity index (χ2v) is 6.28. The molecule has 0 saturated heterocycles. The number of esters is 1. The molecule has 0 heterocycles. The van der Waals surface area contributed by atoms with Crippen molar-refractivity contribution in [3.05, 3.63) is 29.3 Å². The van der Waals surface area contributed by atoms with E-state index in [1.54, 1.807) is 11.8 Å². The van der Waals surface area contributed by atoms with Crippen LogP contribution in [0.2, 0.25) is 0 Å². The number of hydrogen-bond acceptors (Lipinski definition) is 3. The third-order valence-electron chi connectivity index (χ3n) is 2.92. The topological polar surface area (TPSA) is 26.3 Å². The molecule has 2 rings (SSSR count). The second kappa shape index (κ2) is 5.91. The largest absolute Gasteiger partial charge is 0.468 e. The van der Waals surface area contributed by atoms with Gasteiger partial charge in [-0.05, 0) is 42.5 Å². The maximum Gasteiger partial charge on any atom is 0.320 e. The van der Waals surface area contributed by atoms with Gasteiger partial charge in [0.2, 0.25) is 0 Å². The quantitative estimate of drug-likeness (QED) is 0.485. The van der Waals surface area contributed by atoms with Gasteiger partial charge in [-0.3, -0.25) is 4.79 Å². The van der Waals surface area contributed by atoms with Crippen molar-refractivity contribution in [1.82, 2.24) is 0 Å². The average Bonchev–Trinajstić information content (AvgIpc) is 2.82. The second-order valence-electron chi connectivity index (χ2n) is 4.09. The minimum atomic E-state index is -0.231. The normalized spacial score (nSPS) is 15.4. The summed E-state index contributed by atoms with van der Waals surface area (Å²) < 4.78 is 4.68. The highest BCUT2D eigenvalue weighted by molar-refractivity contribution is 9.10. The third kappa shape index (κ3) is 3.26. The van der Waals surface area contributed by atoms with Gasteiger partial charge in [-0.1, -0.05) is 22.0 Å². The van der Waals surface area contributed by atoms with E-state index in [0.717, 1.165) is 0 Å². The molecule has 92 valence electrons. The summed E-state index contributed by atoms with van der Waals surface area (Å²) in [5.41, 5.74) is 2.96. The predicted molar refractivity (Wildman–Crippen MR) is 73.9 cm³/mol. The Hall–Kier alpha value is -0.480. The fourth-order valence-electron chi connectivity index (χ4n) is 2.00. The van der Waals surface area contributed by atoms with E-state index < -0.39 is 0 Å². The SMILES string of the molecule is COC(=O)C(Br)CSc1ccc2c(c1)CCC2. The zero-order valence-electron chi connectivity index (χ0n) is 9.74. The number of thioether (sulfide) groups is 1. The van der Waals surface area contributed by atoms with Gasteiger partial charge in [0.1, 0.15) is 4.83 Å². The first-order valence-corrected chi connectivity index (χ1v) is 7.57. The summed E-state index contributed by atoms with van der Waals surface area (Å²) in [6, 6.07) is 6.61. The number of benzene rings is 1. The number of aryl methyl sites for hydroxylation is 2. The van der Waals surface area contributed by atoms with Crippen LogP contribution in [0.1, 0.15) is 17.5 Å². The molecule has 1 aromatic rings. The minimum absolute atomic E-state index is 0.210. The molecule has 1 atom stereocenters. The summed E-state index contributed by atoms with van der Waals surface area (Å²) in [5.74, 6) is 0.490. The van der Waals surface area contributed by atoms with Crippen LogP contribution in [0, 0.1) is 0 Å². The van der Waals surface area contributed by atoms with Gasteiger partial charge in [-0.2, -0.15) is 0 Å². The van der Waals surface area contributed by atoms with Crippen molar-refractivity contribution < 1.29 is 9.53 Å². The number of halogens is 1. The molecule has 0 N–H and O–H groups in total. The molecule has 0 amide bonds. The molecular weight excluding hydrogens is 300 g/mol. The van der Waals surface area contributed by atoms with Gasteiger partial charge in [0.05, 0.1) is 7.11 Å². The zero-order valence-corrected chi connectivity index (χ0v) is 12.1. The summed E-state index contributed by atoms with van der Waals surface area (Å²) in [6.07, 6.45) is 3.68. The number of ether oxygens (including phenoxy) is 1. The van der Waals surface area contributed by atoms with Gasteiger partial charge in [0.25, 0.3) is 0 Å².